The number of nitrogens with zero attached hydrogens (tertiary/aromatic N) is 1. The van der Waals surface area contributed by atoms with Crippen LogP contribution in [0.3, 0.4) is 0 Å². The van der Waals surface area contributed by atoms with E-state index in [0.717, 1.165) is 12.1 Å². The molecular formula is C13H15F3N2O3. The lowest BCUT2D eigenvalue weighted by Crippen LogP contribution is -2.41. The fraction of sp³-hybridized carbons (Fsp3) is 0.462. The van der Waals surface area contributed by atoms with Crippen molar-refractivity contribution in [1.29, 1.82) is 0 Å². The van der Waals surface area contributed by atoms with Crippen LogP contribution in [0.15, 0.2) is 18.3 Å². The molecule has 1 rings (SSSR count). The number of carboxylic acids is 1. The second-order valence-corrected chi connectivity index (χ2v) is 4.92. The highest BCUT2D eigenvalue weighted by atomic mass is 19.4. The molecule has 0 fully saturated rings. The summed E-state index contributed by atoms with van der Waals surface area (Å²) < 4.78 is 37.1. The highest BCUT2D eigenvalue weighted by Gasteiger charge is 2.31. The van der Waals surface area contributed by atoms with Crippen LogP contribution in [0.4, 0.5) is 13.2 Å². The van der Waals surface area contributed by atoms with Crippen molar-refractivity contribution in [2.24, 2.45) is 5.92 Å². The molecule has 0 aliphatic heterocycles. The number of aliphatic carboxylic acids is 1. The summed E-state index contributed by atoms with van der Waals surface area (Å²) in [5, 5.41) is 11.2. The van der Waals surface area contributed by atoms with E-state index in [4.69, 9.17) is 5.11 Å². The lowest BCUT2D eigenvalue weighted by Gasteiger charge is -2.16. The van der Waals surface area contributed by atoms with Crippen LogP contribution in [-0.2, 0) is 11.0 Å². The Hall–Kier alpha value is -2.12. The van der Waals surface area contributed by atoms with Crippen molar-refractivity contribution < 1.29 is 27.9 Å². The van der Waals surface area contributed by atoms with Crippen LogP contribution in [-0.4, -0.2) is 28.0 Å². The van der Waals surface area contributed by atoms with Crippen LogP contribution in [0, 0.1) is 5.92 Å². The summed E-state index contributed by atoms with van der Waals surface area (Å²) in [7, 11) is 0. The molecule has 1 aromatic rings. The molecule has 1 aromatic heterocycles. The first-order chi connectivity index (χ1) is 9.61. The normalized spacial score (nSPS) is 13.0. The Bertz CT molecular complexity index is 512. The maximum absolute atomic E-state index is 12.4. The Morgan fingerprint density at radius 1 is 1.33 bits per heavy atom. The number of rotatable bonds is 5. The van der Waals surface area contributed by atoms with Gasteiger partial charge < -0.3 is 10.4 Å². The molecule has 1 heterocycles. The minimum atomic E-state index is -4.54. The topological polar surface area (TPSA) is 79.3 Å². The lowest BCUT2D eigenvalue weighted by molar-refractivity contribution is -0.139. The number of hydrogen-bond donors (Lipinski definition) is 2. The fourth-order valence-electron chi connectivity index (χ4n) is 1.62. The molecule has 0 aromatic carbocycles. The zero-order valence-electron chi connectivity index (χ0n) is 11.4. The number of carboxylic acid groups (broad SMARTS) is 1. The van der Waals surface area contributed by atoms with Gasteiger partial charge in [-0.15, -0.1) is 0 Å². The van der Waals surface area contributed by atoms with Gasteiger partial charge in [-0.3, -0.25) is 9.78 Å². The quantitative estimate of drug-likeness (QED) is 0.875. The number of hydrogen-bond acceptors (Lipinski definition) is 3. The molecule has 0 aliphatic carbocycles. The van der Waals surface area contributed by atoms with Crippen molar-refractivity contribution in [3.8, 4) is 0 Å². The number of carbonyl (C=O) groups excluding carboxylic acids is 1. The minimum Gasteiger partial charge on any atom is -0.480 e. The van der Waals surface area contributed by atoms with Crippen LogP contribution in [0.1, 0.15) is 36.3 Å². The van der Waals surface area contributed by atoms with Gasteiger partial charge in [0.15, 0.2) is 0 Å². The Labute approximate surface area is 119 Å². The zero-order valence-corrected chi connectivity index (χ0v) is 11.4. The van der Waals surface area contributed by atoms with Crippen LogP contribution in [0.2, 0.25) is 0 Å². The van der Waals surface area contributed by atoms with Gasteiger partial charge in [0.2, 0.25) is 0 Å². The second kappa shape index (κ2) is 6.55. The average Bonchev–Trinajstić information content (AvgIpc) is 2.36. The molecule has 0 unspecified atom stereocenters. The van der Waals surface area contributed by atoms with E-state index in [1.54, 1.807) is 13.8 Å². The van der Waals surface area contributed by atoms with Crippen molar-refractivity contribution in [1.82, 2.24) is 10.3 Å². The van der Waals surface area contributed by atoms with Crippen LogP contribution >= 0.6 is 0 Å². The van der Waals surface area contributed by atoms with E-state index in [0.29, 0.717) is 6.20 Å². The Balaban J connectivity index is 2.81. The Morgan fingerprint density at radius 2 is 1.95 bits per heavy atom. The Kier molecular flexibility index (Phi) is 5.28. The number of alkyl halides is 3. The summed E-state index contributed by atoms with van der Waals surface area (Å²) >= 11 is 0. The molecule has 5 nitrogen and oxygen atoms in total. The molecule has 0 bridgehead atoms. The van der Waals surface area contributed by atoms with Gasteiger partial charge in [0.1, 0.15) is 11.7 Å². The van der Waals surface area contributed by atoms with E-state index in [2.05, 4.69) is 10.3 Å². The van der Waals surface area contributed by atoms with E-state index in [1.165, 1.54) is 0 Å². The molecule has 2 N–H and O–H groups in total. The van der Waals surface area contributed by atoms with Gasteiger partial charge in [0.25, 0.3) is 5.91 Å². The predicted molar refractivity (Wildman–Crippen MR) is 67.6 cm³/mol. The smallest absolute Gasteiger partial charge is 0.417 e. The summed E-state index contributed by atoms with van der Waals surface area (Å²) in [6.45, 7) is 3.58. The molecule has 0 radical (unpaired) electrons. The highest BCUT2D eigenvalue weighted by Crippen LogP contribution is 2.28. The van der Waals surface area contributed by atoms with E-state index in [9.17, 15) is 22.8 Å². The Morgan fingerprint density at radius 3 is 2.33 bits per heavy atom. The van der Waals surface area contributed by atoms with Crippen LogP contribution in [0.25, 0.3) is 0 Å². The molecular weight excluding hydrogens is 289 g/mol. The monoisotopic (exact) mass is 304 g/mol. The molecule has 21 heavy (non-hydrogen) atoms. The van der Waals surface area contributed by atoms with Crippen molar-refractivity contribution in [2.45, 2.75) is 32.5 Å². The summed E-state index contributed by atoms with van der Waals surface area (Å²) in [4.78, 5) is 26.2. The van der Waals surface area contributed by atoms with E-state index >= 15 is 0 Å². The predicted octanol–water partition coefficient (Wildman–Crippen LogP) is 2.33. The third kappa shape index (κ3) is 5.05. The van der Waals surface area contributed by atoms with Gasteiger partial charge in [-0.2, -0.15) is 13.2 Å². The summed E-state index contributed by atoms with van der Waals surface area (Å²) in [6, 6.07) is 0.522. The van der Waals surface area contributed by atoms with Gasteiger partial charge in [0, 0.05) is 6.20 Å². The van der Waals surface area contributed by atoms with E-state index < -0.39 is 29.7 Å². The summed E-state index contributed by atoms with van der Waals surface area (Å²) in [5.74, 6) is -1.99. The first-order valence-electron chi connectivity index (χ1n) is 6.18. The van der Waals surface area contributed by atoms with Crippen molar-refractivity contribution in [3.05, 3.63) is 29.6 Å². The van der Waals surface area contributed by atoms with Crippen molar-refractivity contribution in [2.75, 3.05) is 0 Å². The molecule has 1 amide bonds. The molecule has 0 spiro atoms. The number of aromatic nitrogens is 1. The SMILES string of the molecule is CC(C)C[C@@H](NC(=O)c1ccc(C(F)(F)F)cn1)C(=O)O. The number of nitrogens with one attached hydrogen (secondary N) is 1. The van der Waals surface area contributed by atoms with Gasteiger partial charge in [0.05, 0.1) is 5.56 Å². The van der Waals surface area contributed by atoms with E-state index in [1.807, 2.05) is 0 Å². The van der Waals surface area contributed by atoms with Crippen LogP contribution < -0.4 is 5.32 Å². The number of halogens is 3. The maximum Gasteiger partial charge on any atom is 0.417 e. The highest BCUT2D eigenvalue weighted by molar-refractivity contribution is 5.94. The number of carbonyl (C=O) groups is 2. The molecule has 0 aliphatic rings. The third-order valence-electron chi connectivity index (χ3n) is 2.63. The van der Waals surface area contributed by atoms with E-state index in [-0.39, 0.29) is 18.0 Å². The first kappa shape index (κ1) is 16.9. The third-order valence-corrected chi connectivity index (χ3v) is 2.63. The molecule has 8 heteroatoms. The number of amides is 1. The van der Waals surface area contributed by atoms with Gasteiger partial charge >= 0.3 is 12.1 Å². The number of pyridine rings is 1. The van der Waals surface area contributed by atoms with Gasteiger partial charge in [-0.05, 0) is 24.5 Å². The van der Waals surface area contributed by atoms with Gasteiger partial charge in [-0.1, -0.05) is 13.8 Å². The van der Waals surface area contributed by atoms with Gasteiger partial charge in [-0.25, -0.2) is 4.79 Å². The van der Waals surface area contributed by atoms with Crippen LogP contribution in [0.5, 0.6) is 0 Å². The van der Waals surface area contributed by atoms with Crippen molar-refractivity contribution in [3.63, 3.8) is 0 Å². The minimum absolute atomic E-state index is 0.0342. The molecule has 1 atom stereocenters. The standard InChI is InChI=1S/C13H15F3N2O3/c1-7(2)5-10(12(20)21)18-11(19)9-4-3-8(6-17-9)13(14,15)16/h3-4,6-7,10H,5H2,1-2H3,(H,18,19)(H,20,21)/t10-/m1/s1. The molecule has 0 saturated heterocycles. The second-order valence-electron chi connectivity index (χ2n) is 4.92. The lowest BCUT2D eigenvalue weighted by atomic mass is 10.0. The largest absolute Gasteiger partial charge is 0.480 e. The summed E-state index contributed by atoms with van der Waals surface area (Å²) in [5.41, 5.74) is -1.24. The average molecular weight is 304 g/mol. The fourth-order valence-corrected chi connectivity index (χ4v) is 1.62. The summed E-state index contributed by atoms with van der Waals surface area (Å²) in [6.07, 6.45) is -3.79. The zero-order chi connectivity index (χ0) is 16.2. The maximum atomic E-state index is 12.4. The molecule has 116 valence electrons. The van der Waals surface area contributed by atoms with Crippen molar-refractivity contribution >= 4 is 11.9 Å². The molecule has 0 saturated carbocycles. The first-order valence-corrected chi connectivity index (χ1v) is 6.18.